The van der Waals surface area contributed by atoms with Gasteiger partial charge in [0.25, 0.3) is 0 Å². The average Bonchev–Trinajstić information content (AvgIpc) is 2.62. The number of halogens is 2. The Kier molecular flexibility index (Phi) is 3.45. The summed E-state index contributed by atoms with van der Waals surface area (Å²) in [4.78, 5) is 0. The van der Waals surface area contributed by atoms with E-state index in [1.807, 2.05) is 26.0 Å². The van der Waals surface area contributed by atoms with Gasteiger partial charge in [-0.1, -0.05) is 35.3 Å². The summed E-state index contributed by atoms with van der Waals surface area (Å²) in [5, 5.41) is 13.1. The molecule has 6 heteroatoms. The minimum atomic E-state index is 0.487. The molecule has 4 nitrogen and oxygen atoms in total. The quantitative estimate of drug-likeness (QED) is 0.786. The standard InChI is InChI=1S/C11H10Cl2N4/c1-7-15-16-8(2)17(7)14-6-9-4-3-5-10(12)11(9)13/h3-6H,1-2H3/b14-6-. The van der Waals surface area contributed by atoms with Crippen LogP contribution in [0.15, 0.2) is 23.3 Å². The van der Waals surface area contributed by atoms with Crippen molar-refractivity contribution in [3.63, 3.8) is 0 Å². The lowest BCUT2D eigenvalue weighted by Gasteiger charge is -2.00. The molecule has 0 bridgehead atoms. The summed E-state index contributed by atoms with van der Waals surface area (Å²) >= 11 is 12.0. The molecule has 0 saturated carbocycles. The van der Waals surface area contributed by atoms with Crippen LogP contribution in [0.5, 0.6) is 0 Å². The number of benzene rings is 1. The Bertz CT molecular complexity index is 555. The molecule has 0 saturated heterocycles. The van der Waals surface area contributed by atoms with E-state index < -0.39 is 0 Å². The van der Waals surface area contributed by atoms with Gasteiger partial charge in [-0.2, -0.15) is 5.10 Å². The first-order valence-electron chi connectivity index (χ1n) is 4.96. The van der Waals surface area contributed by atoms with Crippen LogP contribution in [0, 0.1) is 13.8 Å². The molecule has 0 aliphatic carbocycles. The fraction of sp³-hybridized carbons (Fsp3) is 0.182. The van der Waals surface area contributed by atoms with Crippen molar-refractivity contribution in [3.05, 3.63) is 45.5 Å². The molecule has 17 heavy (non-hydrogen) atoms. The third kappa shape index (κ3) is 2.48. The summed E-state index contributed by atoms with van der Waals surface area (Å²) in [6, 6.07) is 5.39. The summed E-state index contributed by atoms with van der Waals surface area (Å²) in [6.45, 7) is 3.66. The van der Waals surface area contributed by atoms with Gasteiger partial charge >= 0.3 is 0 Å². The van der Waals surface area contributed by atoms with Crippen molar-refractivity contribution in [1.29, 1.82) is 0 Å². The second-order valence-electron chi connectivity index (χ2n) is 3.49. The van der Waals surface area contributed by atoms with Gasteiger partial charge < -0.3 is 0 Å². The molecular weight excluding hydrogens is 259 g/mol. The number of hydrogen-bond acceptors (Lipinski definition) is 3. The highest BCUT2D eigenvalue weighted by Crippen LogP contribution is 2.24. The maximum absolute atomic E-state index is 6.05. The maximum Gasteiger partial charge on any atom is 0.151 e. The highest BCUT2D eigenvalue weighted by molar-refractivity contribution is 6.43. The minimum absolute atomic E-state index is 0.487. The third-order valence-corrected chi connectivity index (χ3v) is 3.08. The Balaban J connectivity index is 2.36. The fourth-order valence-electron chi connectivity index (χ4n) is 1.37. The molecule has 88 valence electrons. The van der Waals surface area contributed by atoms with E-state index in [-0.39, 0.29) is 0 Å². The molecule has 1 heterocycles. The van der Waals surface area contributed by atoms with Crippen molar-refractivity contribution < 1.29 is 0 Å². The molecule has 0 N–H and O–H groups in total. The van der Waals surface area contributed by atoms with Gasteiger partial charge in [0.05, 0.1) is 16.3 Å². The van der Waals surface area contributed by atoms with Crippen molar-refractivity contribution in [2.45, 2.75) is 13.8 Å². The second-order valence-corrected chi connectivity index (χ2v) is 4.28. The van der Waals surface area contributed by atoms with E-state index >= 15 is 0 Å². The Morgan fingerprint density at radius 1 is 1.18 bits per heavy atom. The van der Waals surface area contributed by atoms with Crippen molar-refractivity contribution in [1.82, 2.24) is 14.9 Å². The van der Waals surface area contributed by atoms with E-state index in [1.165, 1.54) is 0 Å². The zero-order valence-corrected chi connectivity index (χ0v) is 10.9. The lowest BCUT2D eigenvalue weighted by atomic mass is 10.2. The molecule has 0 atom stereocenters. The zero-order chi connectivity index (χ0) is 12.4. The normalized spacial score (nSPS) is 11.3. The predicted molar refractivity (Wildman–Crippen MR) is 69.0 cm³/mol. The Morgan fingerprint density at radius 3 is 2.47 bits per heavy atom. The molecule has 2 aromatic rings. The predicted octanol–water partition coefficient (Wildman–Crippen LogP) is 3.08. The second kappa shape index (κ2) is 4.85. The van der Waals surface area contributed by atoms with Crippen LogP contribution in [0.25, 0.3) is 0 Å². The van der Waals surface area contributed by atoms with Crippen molar-refractivity contribution in [3.8, 4) is 0 Å². The Hall–Kier alpha value is -1.39. The van der Waals surface area contributed by atoms with Crippen molar-refractivity contribution in [2.24, 2.45) is 5.10 Å². The summed E-state index contributed by atoms with van der Waals surface area (Å²) in [5.74, 6) is 1.44. The molecule has 1 aromatic carbocycles. The first kappa shape index (κ1) is 12.1. The van der Waals surface area contributed by atoms with Gasteiger partial charge in [-0.3, -0.25) is 0 Å². The van der Waals surface area contributed by atoms with Gasteiger partial charge in [-0.15, -0.1) is 10.2 Å². The highest BCUT2D eigenvalue weighted by Gasteiger charge is 2.04. The third-order valence-electron chi connectivity index (χ3n) is 2.25. The number of nitrogens with zero attached hydrogens (tertiary/aromatic N) is 4. The van der Waals surface area contributed by atoms with Crippen molar-refractivity contribution >= 4 is 29.4 Å². The molecule has 0 unspecified atom stereocenters. The molecule has 0 aliphatic heterocycles. The number of hydrogen-bond donors (Lipinski definition) is 0. The van der Waals surface area contributed by atoms with Crippen LogP contribution in [0.2, 0.25) is 10.0 Å². The molecule has 0 radical (unpaired) electrons. The largest absolute Gasteiger partial charge is 0.202 e. The summed E-state index contributed by atoms with van der Waals surface area (Å²) < 4.78 is 1.64. The highest BCUT2D eigenvalue weighted by atomic mass is 35.5. The van der Waals surface area contributed by atoms with Gasteiger partial charge in [-0.05, 0) is 19.9 Å². The first-order valence-corrected chi connectivity index (χ1v) is 5.72. The Labute approximate surface area is 109 Å². The van der Waals surface area contributed by atoms with Crippen LogP contribution < -0.4 is 0 Å². The van der Waals surface area contributed by atoms with Crippen molar-refractivity contribution in [2.75, 3.05) is 0 Å². The van der Waals surface area contributed by atoms with E-state index in [4.69, 9.17) is 23.2 Å². The van der Waals surface area contributed by atoms with Crippen LogP contribution in [-0.2, 0) is 0 Å². The van der Waals surface area contributed by atoms with E-state index in [0.717, 1.165) is 17.2 Å². The van der Waals surface area contributed by atoms with Crippen LogP contribution in [0.1, 0.15) is 17.2 Å². The van der Waals surface area contributed by atoms with Gasteiger partial charge in [0.15, 0.2) is 11.6 Å². The topological polar surface area (TPSA) is 43.1 Å². The summed E-state index contributed by atoms with van der Waals surface area (Å²) in [5.41, 5.74) is 0.756. The molecule has 0 spiro atoms. The lowest BCUT2D eigenvalue weighted by molar-refractivity contribution is 0.799. The Morgan fingerprint density at radius 2 is 1.82 bits per heavy atom. The van der Waals surface area contributed by atoms with Gasteiger partial charge in [0, 0.05) is 5.56 Å². The molecule has 0 amide bonds. The first-order chi connectivity index (χ1) is 8.09. The van der Waals surface area contributed by atoms with Gasteiger partial charge in [0.2, 0.25) is 0 Å². The van der Waals surface area contributed by atoms with Crippen LogP contribution in [0.4, 0.5) is 0 Å². The van der Waals surface area contributed by atoms with Gasteiger partial charge in [0.1, 0.15) is 0 Å². The lowest BCUT2D eigenvalue weighted by Crippen LogP contribution is -1.96. The zero-order valence-electron chi connectivity index (χ0n) is 9.35. The molecule has 2 rings (SSSR count). The van der Waals surface area contributed by atoms with E-state index in [9.17, 15) is 0 Å². The van der Waals surface area contributed by atoms with Gasteiger partial charge in [-0.25, -0.2) is 4.68 Å². The van der Waals surface area contributed by atoms with Crippen LogP contribution in [-0.4, -0.2) is 21.1 Å². The summed E-state index contributed by atoms with van der Waals surface area (Å²) in [6.07, 6.45) is 1.64. The molecule has 0 fully saturated rings. The molecule has 1 aromatic heterocycles. The van der Waals surface area contributed by atoms with E-state index in [1.54, 1.807) is 17.0 Å². The number of aryl methyl sites for hydroxylation is 2. The summed E-state index contributed by atoms with van der Waals surface area (Å²) in [7, 11) is 0. The van der Waals surface area contributed by atoms with Crippen LogP contribution in [0.3, 0.4) is 0 Å². The van der Waals surface area contributed by atoms with E-state index in [2.05, 4.69) is 15.3 Å². The number of rotatable bonds is 2. The molecule has 0 aliphatic rings. The average molecular weight is 269 g/mol. The fourth-order valence-corrected chi connectivity index (χ4v) is 1.73. The monoisotopic (exact) mass is 268 g/mol. The SMILES string of the molecule is Cc1nnc(C)n1/N=C\c1cccc(Cl)c1Cl. The molecular formula is C11H10Cl2N4. The van der Waals surface area contributed by atoms with E-state index in [0.29, 0.717) is 10.0 Å². The number of aromatic nitrogens is 3. The minimum Gasteiger partial charge on any atom is -0.202 e. The maximum atomic E-state index is 6.05. The smallest absolute Gasteiger partial charge is 0.151 e. The van der Waals surface area contributed by atoms with Crippen LogP contribution >= 0.6 is 23.2 Å².